The van der Waals surface area contributed by atoms with Gasteiger partial charge >= 0.3 is 0 Å². The van der Waals surface area contributed by atoms with Crippen molar-refractivity contribution in [2.45, 2.75) is 90.4 Å². The van der Waals surface area contributed by atoms with Gasteiger partial charge in [-0.3, -0.25) is 0 Å². The van der Waals surface area contributed by atoms with E-state index in [0.29, 0.717) is 11.8 Å². The van der Waals surface area contributed by atoms with Crippen LogP contribution in [0.5, 0.6) is 0 Å². The van der Waals surface area contributed by atoms with Crippen LogP contribution in [-0.4, -0.2) is 0 Å². The normalized spacial score (nSPS) is 14.3. The molecule has 5 rings (SSSR count). The van der Waals surface area contributed by atoms with Crippen LogP contribution in [0.3, 0.4) is 0 Å². The lowest BCUT2D eigenvalue weighted by molar-refractivity contribution is 0.411. The van der Waals surface area contributed by atoms with Crippen molar-refractivity contribution >= 4 is 23.2 Å². The van der Waals surface area contributed by atoms with Crippen LogP contribution in [0, 0.1) is 5.41 Å². The molecule has 0 bridgehead atoms. The molecule has 1 aliphatic carbocycles. The highest BCUT2D eigenvalue weighted by Crippen LogP contribution is 2.37. The Labute approximate surface area is 263 Å². The van der Waals surface area contributed by atoms with E-state index >= 15 is 0 Å². The van der Waals surface area contributed by atoms with Crippen LogP contribution in [0.15, 0.2) is 72.8 Å². The highest BCUT2D eigenvalue weighted by molar-refractivity contribution is 6.17. The van der Waals surface area contributed by atoms with Crippen LogP contribution in [0.2, 0.25) is 0 Å². The maximum atomic E-state index is 6.71. The summed E-state index contributed by atoms with van der Waals surface area (Å²) in [4.78, 5) is 0. The first-order chi connectivity index (χ1) is 20.0. The predicted molar refractivity (Wildman–Crippen MR) is 181 cm³/mol. The van der Waals surface area contributed by atoms with Crippen LogP contribution in [0.4, 0.5) is 0 Å². The average molecular weight is 599 g/mol. The number of fused-ring (bicyclic) bond motifs is 2. The summed E-state index contributed by atoms with van der Waals surface area (Å²) in [5.74, 6) is 1.05. The summed E-state index contributed by atoms with van der Waals surface area (Å²) in [6, 6.07) is 27.2. The van der Waals surface area contributed by atoms with Crippen LogP contribution >= 0.6 is 23.2 Å². The number of hydrogen-bond acceptors (Lipinski definition) is 1. The Morgan fingerprint density at radius 1 is 0.643 bits per heavy atom. The van der Waals surface area contributed by atoms with Gasteiger partial charge in [-0.1, -0.05) is 100 Å². The molecular weight excluding hydrogens is 553 g/mol. The lowest BCUT2D eigenvalue weighted by Gasteiger charge is -2.29. The van der Waals surface area contributed by atoms with Crippen LogP contribution < -0.4 is 5.73 Å². The maximum absolute atomic E-state index is 6.71. The molecule has 3 heteroatoms. The van der Waals surface area contributed by atoms with Crippen molar-refractivity contribution in [2.75, 3.05) is 0 Å². The fourth-order valence-corrected chi connectivity index (χ4v) is 6.80. The molecule has 1 atom stereocenters. The number of hydrogen-bond donors (Lipinski definition) is 1. The van der Waals surface area contributed by atoms with E-state index in [1.54, 1.807) is 0 Å². The first-order valence-corrected chi connectivity index (χ1v) is 16.4. The van der Waals surface area contributed by atoms with Gasteiger partial charge in [-0.25, -0.2) is 0 Å². The minimum atomic E-state index is -0.307. The quantitative estimate of drug-likeness (QED) is 0.168. The summed E-state index contributed by atoms with van der Waals surface area (Å²) in [5.41, 5.74) is 22.8. The van der Waals surface area contributed by atoms with Crippen molar-refractivity contribution in [3.8, 4) is 0 Å². The third-order valence-electron chi connectivity index (χ3n) is 9.04. The van der Waals surface area contributed by atoms with Crippen LogP contribution in [0.1, 0.15) is 108 Å². The molecular formula is C39H45Cl2N. The van der Waals surface area contributed by atoms with E-state index in [0.717, 1.165) is 44.1 Å². The lowest BCUT2D eigenvalue weighted by Crippen LogP contribution is -2.31. The van der Waals surface area contributed by atoms with E-state index < -0.39 is 0 Å². The van der Waals surface area contributed by atoms with E-state index in [1.807, 2.05) is 0 Å². The number of halogens is 2. The van der Waals surface area contributed by atoms with E-state index in [1.165, 1.54) is 61.2 Å². The zero-order valence-corrected chi connectivity index (χ0v) is 27.4. The van der Waals surface area contributed by atoms with Gasteiger partial charge < -0.3 is 5.73 Å². The molecule has 4 aromatic rings. The Bertz CT molecular complexity index is 1540. The zero-order valence-electron chi connectivity index (χ0n) is 25.9. The third-order valence-corrected chi connectivity index (χ3v) is 9.63. The summed E-state index contributed by atoms with van der Waals surface area (Å²) >= 11 is 12.8. The number of nitrogens with two attached hydrogens (primary N) is 1. The van der Waals surface area contributed by atoms with Crippen molar-refractivity contribution in [2.24, 2.45) is 11.1 Å². The highest BCUT2D eigenvalue weighted by Gasteiger charge is 2.25. The second kappa shape index (κ2) is 12.6. The molecule has 0 spiro atoms. The average Bonchev–Trinajstić information content (AvgIpc) is 2.97. The van der Waals surface area contributed by atoms with Crippen molar-refractivity contribution in [3.63, 3.8) is 0 Å². The van der Waals surface area contributed by atoms with Gasteiger partial charge in [0.25, 0.3) is 0 Å². The summed E-state index contributed by atoms with van der Waals surface area (Å²) < 4.78 is 0. The largest absolute Gasteiger partial charge is 0.322 e. The minimum absolute atomic E-state index is 0.262. The number of rotatable bonds is 9. The highest BCUT2D eigenvalue weighted by atomic mass is 35.5. The lowest BCUT2D eigenvalue weighted by atomic mass is 9.76. The van der Waals surface area contributed by atoms with E-state index in [9.17, 15) is 0 Å². The molecule has 1 nitrogen and oxygen atoms in total. The molecule has 0 aliphatic heterocycles. The third kappa shape index (κ3) is 6.96. The molecule has 0 amide bonds. The Kier molecular flexibility index (Phi) is 9.24. The van der Waals surface area contributed by atoms with Crippen molar-refractivity contribution in [1.82, 2.24) is 0 Å². The minimum Gasteiger partial charge on any atom is -0.322 e. The molecule has 0 heterocycles. The van der Waals surface area contributed by atoms with Gasteiger partial charge in [0.05, 0.1) is 0 Å². The molecule has 0 saturated heterocycles. The zero-order chi connectivity index (χ0) is 30.1. The molecule has 220 valence electrons. The fourth-order valence-electron chi connectivity index (χ4n) is 6.38. The first kappa shape index (κ1) is 30.9. The molecule has 4 aromatic carbocycles. The Balaban J connectivity index is 1.57. The van der Waals surface area contributed by atoms with Gasteiger partial charge in [-0.2, -0.15) is 0 Å². The van der Waals surface area contributed by atoms with Crippen molar-refractivity contribution < 1.29 is 0 Å². The van der Waals surface area contributed by atoms with Gasteiger partial charge in [0, 0.05) is 17.3 Å². The number of alkyl halides is 2. The Morgan fingerprint density at radius 2 is 1.24 bits per heavy atom. The van der Waals surface area contributed by atoms with Gasteiger partial charge in [0.1, 0.15) is 0 Å². The van der Waals surface area contributed by atoms with Crippen molar-refractivity contribution in [1.29, 1.82) is 0 Å². The molecule has 42 heavy (non-hydrogen) atoms. The van der Waals surface area contributed by atoms with Crippen molar-refractivity contribution in [3.05, 3.63) is 140 Å². The summed E-state index contributed by atoms with van der Waals surface area (Å²) in [7, 11) is 0. The Morgan fingerprint density at radius 3 is 1.86 bits per heavy atom. The summed E-state index contributed by atoms with van der Waals surface area (Å²) in [5, 5.41) is 0. The second-order valence-corrected chi connectivity index (χ2v) is 14.3. The van der Waals surface area contributed by atoms with Gasteiger partial charge in [-0.15, -0.1) is 23.2 Å². The molecule has 1 unspecified atom stereocenters. The second-order valence-electron chi connectivity index (χ2n) is 13.7. The van der Waals surface area contributed by atoms with E-state index in [4.69, 9.17) is 28.9 Å². The molecule has 1 aliphatic rings. The smallest absolute Gasteiger partial charge is 0.0477 e. The predicted octanol–water partition coefficient (Wildman–Crippen LogP) is 10.0. The first-order valence-electron chi connectivity index (χ1n) is 15.3. The van der Waals surface area contributed by atoms with Crippen LogP contribution in [-0.2, 0) is 49.4 Å². The van der Waals surface area contributed by atoms with Gasteiger partial charge in [-0.05, 0) is 118 Å². The molecule has 0 fully saturated rings. The molecule has 2 N–H and O–H groups in total. The van der Waals surface area contributed by atoms with E-state index in [-0.39, 0.29) is 11.0 Å². The van der Waals surface area contributed by atoms with E-state index in [2.05, 4.69) is 107 Å². The molecule has 0 radical (unpaired) electrons. The summed E-state index contributed by atoms with van der Waals surface area (Å²) in [6.07, 6.45) is 5.68. The molecule has 0 saturated carbocycles. The fraction of sp³-hybridized carbons (Fsp3) is 0.385. The Hall–Kier alpha value is -2.58. The van der Waals surface area contributed by atoms with Gasteiger partial charge in [0.2, 0.25) is 0 Å². The van der Waals surface area contributed by atoms with Crippen LogP contribution in [0.25, 0.3) is 0 Å². The number of benzene rings is 4. The van der Waals surface area contributed by atoms with Gasteiger partial charge in [0.15, 0.2) is 0 Å². The SMILES string of the molecule is CCC(C)(N)c1ccc(Cc2c(CCl)cc(Cc3ccc(CCl)cc3)c3c2Cc2ccc(CC(C)(C)C)cc2C3)cc1. The monoisotopic (exact) mass is 597 g/mol. The maximum Gasteiger partial charge on any atom is 0.0477 e. The summed E-state index contributed by atoms with van der Waals surface area (Å²) in [6.45, 7) is 11.2. The molecule has 0 aromatic heterocycles. The topological polar surface area (TPSA) is 26.0 Å². The standard InChI is InChI=1S/C39H45Cl2N/c1-6-39(5,42)34-15-12-27(13-16-34)19-35-33(25-41)20-32(17-26-7-9-28(24-40)10-8-26)36-22-31-18-29(23-38(2,3)4)11-14-30(31)21-37(35)36/h7-16,18,20H,6,17,19,21-25,42H2,1-5H3.